The van der Waals surface area contributed by atoms with E-state index < -0.39 is 5.97 Å². The number of hydrogen-bond donors (Lipinski definition) is 1. The van der Waals surface area contributed by atoms with Gasteiger partial charge in [-0.05, 0) is 13.5 Å². The summed E-state index contributed by atoms with van der Waals surface area (Å²) in [5, 5.41) is 8.90. The second-order valence-corrected chi connectivity index (χ2v) is 3.44. The van der Waals surface area contributed by atoms with Crippen LogP contribution in [0.5, 0.6) is 0 Å². The largest absolute Gasteiger partial charge is 0.477 e. The fourth-order valence-electron chi connectivity index (χ4n) is 1.67. The van der Waals surface area contributed by atoms with Crippen molar-refractivity contribution in [3.8, 4) is 0 Å². The standard InChI is InChI=1S/C9H11N3O2/c1-12-3-2-6-7(4-12)10-5-11-8(6)9(13)14/h5H,2-4H2,1H3,(H,13,14). The van der Waals surface area contributed by atoms with Gasteiger partial charge in [0.2, 0.25) is 0 Å². The summed E-state index contributed by atoms with van der Waals surface area (Å²) >= 11 is 0. The number of fused-ring (bicyclic) bond motifs is 1. The molecule has 1 N–H and O–H groups in total. The molecule has 74 valence electrons. The maximum atomic E-state index is 10.9. The minimum Gasteiger partial charge on any atom is -0.477 e. The van der Waals surface area contributed by atoms with E-state index in [1.165, 1.54) is 6.33 Å². The maximum Gasteiger partial charge on any atom is 0.354 e. The lowest BCUT2D eigenvalue weighted by Crippen LogP contribution is -2.29. The van der Waals surface area contributed by atoms with Crippen molar-refractivity contribution in [2.24, 2.45) is 0 Å². The molecule has 0 aliphatic carbocycles. The highest BCUT2D eigenvalue weighted by Gasteiger charge is 2.21. The van der Waals surface area contributed by atoms with Crippen molar-refractivity contribution in [3.63, 3.8) is 0 Å². The molecule has 0 atom stereocenters. The van der Waals surface area contributed by atoms with Crippen LogP contribution in [0.2, 0.25) is 0 Å². The zero-order valence-corrected chi connectivity index (χ0v) is 7.90. The van der Waals surface area contributed by atoms with Crippen LogP contribution in [0.1, 0.15) is 21.7 Å². The van der Waals surface area contributed by atoms with Crippen molar-refractivity contribution < 1.29 is 9.90 Å². The molecule has 0 amide bonds. The lowest BCUT2D eigenvalue weighted by atomic mass is 10.0. The molecule has 0 saturated heterocycles. The monoisotopic (exact) mass is 193 g/mol. The summed E-state index contributed by atoms with van der Waals surface area (Å²) in [6, 6.07) is 0. The normalized spacial score (nSPS) is 16.4. The Morgan fingerprint density at radius 2 is 2.36 bits per heavy atom. The summed E-state index contributed by atoms with van der Waals surface area (Å²) in [5.74, 6) is -0.965. The second-order valence-electron chi connectivity index (χ2n) is 3.44. The van der Waals surface area contributed by atoms with Crippen LogP contribution in [0, 0.1) is 0 Å². The predicted octanol–water partition coefficient (Wildman–Crippen LogP) is 0.163. The van der Waals surface area contributed by atoms with E-state index in [0.29, 0.717) is 13.0 Å². The third-order valence-corrected chi connectivity index (χ3v) is 2.40. The Morgan fingerprint density at radius 3 is 3.07 bits per heavy atom. The van der Waals surface area contributed by atoms with E-state index in [9.17, 15) is 4.79 Å². The molecule has 2 heterocycles. The average Bonchev–Trinajstić information content (AvgIpc) is 2.16. The summed E-state index contributed by atoms with van der Waals surface area (Å²) in [6.45, 7) is 1.57. The highest BCUT2D eigenvalue weighted by molar-refractivity contribution is 5.87. The number of nitrogens with zero attached hydrogens (tertiary/aromatic N) is 3. The Hall–Kier alpha value is -1.49. The van der Waals surface area contributed by atoms with Crippen molar-refractivity contribution in [2.75, 3.05) is 13.6 Å². The van der Waals surface area contributed by atoms with Gasteiger partial charge in [0.15, 0.2) is 5.69 Å². The van der Waals surface area contributed by atoms with Crippen LogP contribution in [0.25, 0.3) is 0 Å². The van der Waals surface area contributed by atoms with Gasteiger partial charge in [-0.15, -0.1) is 0 Å². The Labute approximate surface area is 81.4 Å². The van der Waals surface area contributed by atoms with E-state index >= 15 is 0 Å². The minimum atomic E-state index is -0.965. The third-order valence-electron chi connectivity index (χ3n) is 2.40. The highest BCUT2D eigenvalue weighted by Crippen LogP contribution is 2.17. The summed E-state index contributed by atoms with van der Waals surface area (Å²) in [5.41, 5.74) is 1.78. The first-order valence-corrected chi connectivity index (χ1v) is 4.43. The molecule has 0 bridgehead atoms. The van der Waals surface area contributed by atoms with Crippen molar-refractivity contribution in [2.45, 2.75) is 13.0 Å². The fraction of sp³-hybridized carbons (Fsp3) is 0.444. The van der Waals surface area contributed by atoms with Gasteiger partial charge in [0.25, 0.3) is 0 Å². The van der Waals surface area contributed by atoms with Crippen LogP contribution in [0.4, 0.5) is 0 Å². The molecule has 5 heteroatoms. The molecule has 14 heavy (non-hydrogen) atoms. The minimum absolute atomic E-state index is 0.156. The van der Waals surface area contributed by atoms with E-state index in [0.717, 1.165) is 17.8 Å². The van der Waals surface area contributed by atoms with E-state index in [2.05, 4.69) is 14.9 Å². The van der Waals surface area contributed by atoms with Crippen LogP contribution < -0.4 is 0 Å². The molecule has 1 aliphatic heterocycles. The summed E-state index contributed by atoms with van der Waals surface area (Å²) < 4.78 is 0. The molecule has 0 fully saturated rings. The maximum absolute atomic E-state index is 10.9. The molecule has 0 unspecified atom stereocenters. The van der Waals surface area contributed by atoms with Crippen molar-refractivity contribution in [1.82, 2.24) is 14.9 Å². The quantitative estimate of drug-likeness (QED) is 0.688. The summed E-state index contributed by atoms with van der Waals surface area (Å²) in [6.07, 6.45) is 2.04. The number of carboxylic acid groups (broad SMARTS) is 1. The first-order chi connectivity index (χ1) is 6.68. The van der Waals surface area contributed by atoms with E-state index in [1.807, 2.05) is 7.05 Å². The highest BCUT2D eigenvalue weighted by atomic mass is 16.4. The van der Waals surface area contributed by atoms with Gasteiger partial charge in [0, 0.05) is 18.7 Å². The number of aromatic nitrogens is 2. The molecule has 0 aromatic carbocycles. The van der Waals surface area contributed by atoms with Crippen LogP contribution in [-0.2, 0) is 13.0 Å². The topological polar surface area (TPSA) is 66.3 Å². The van der Waals surface area contributed by atoms with Crippen LogP contribution in [0.3, 0.4) is 0 Å². The average molecular weight is 193 g/mol. The van der Waals surface area contributed by atoms with Gasteiger partial charge in [0.05, 0.1) is 5.69 Å². The van der Waals surface area contributed by atoms with Gasteiger partial charge in [-0.1, -0.05) is 0 Å². The van der Waals surface area contributed by atoms with E-state index in [4.69, 9.17) is 5.11 Å². The van der Waals surface area contributed by atoms with Gasteiger partial charge in [0.1, 0.15) is 6.33 Å². The van der Waals surface area contributed by atoms with Gasteiger partial charge in [-0.3, -0.25) is 0 Å². The van der Waals surface area contributed by atoms with Crippen LogP contribution in [0.15, 0.2) is 6.33 Å². The van der Waals surface area contributed by atoms with Crippen molar-refractivity contribution >= 4 is 5.97 Å². The summed E-state index contributed by atoms with van der Waals surface area (Å²) in [7, 11) is 1.99. The number of aromatic carboxylic acids is 1. The Morgan fingerprint density at radius 1 is 1.57 bits per heavy atom. The predicted molar refractivity (Wildman–Crippen MR) is 49.0 cm³/mol. The number of hydrogen-bond acceptors (Lipinski definition) is 4. The molecule has 1 aliphatic rings. The van der Waals surface area contributed by atoms with Gasteiger partial charge in [-0.25, -0.2) is 14.8 Å². The second kappa shape index (κ2) is 3.34. The molecule has 1 aromatic rings. The lowest BCUT2D eigenvalue weighted by Gasteiger charge is -2.24. The Balaban J connectivity index is 2.46. The number of rotatable bonds is 1. The van der Waals surface area contributed by atoms with Crippen LogP contribution in [-0.4, -0.2) is 39.5 Å². The Kier molecular flexibility index (Phi) is 2.17. The van der Waals surface area contributed by atoms with E-state index in [1.54, 1.807) is 0 Å². The smallest absolute Gasteiger partial charge is 0.354 e. The molecular formula is C9H11N3O2. The lowest BCUT2D eigenvalue weighted by molar-refractivity contribution is 0.0687. The van der Waals surface area contributed by atoms with Crippen molar-refractivity contribution in [1.29, 1.82) is 0 Å². The molecule has 1 aromatic heterocycles. The van der Waals surface area contributed by atoms with E-state index in [-0.39, 0.29) is 5.69 Å². The summed E-state index contributed by atoms with van der Waals surface area (Å²) in [4.78, 5) is 20.8. The van der Waals surface area contributed by atoms with Crippen LogP contribution >= 0.6 is 0 Å². The molecule has 2 rings (SSSR count). The molecule has 0 radical (unpaired) electrons. The third kappa shape index (κ3) is 1.46. The number of carboxylic acids is 1. The zero-order chi connectivity index (χ0) is 10.1. The van der Waals surface area contributed by atoms with Crippen molar-refractivity contribution in [3.05, 3.63) is 23.3 Å². The zero-order valence-electron chi connectivity index (χ0n) is 7.90. The molecule has 0 saturated carbocycles. The first kappa shape index (κ1) is 9.08. The number of carbonyl (C=O) groups is 1. The Bertz CT molecular complexity index is 378. The SMILES string of the molecule is CN1CCc2c(ncnc2C(=O)O)C1. The fourth-order valence-corrected chi connectivity index (χ4v) is 1.67. The molecule has 5 nitrogen and oxygen atoms in total. The van der Waals surface area contributed by atoms with Gasteiger partial charge in [-0.2, -0.15) is 0 Å². The molecule has 0 spiro atoms. The van der Waals surface area contributed by atoms with Gasteiger partial charge < -0.3 is 10.0 Å². The first-order valence-electron chi connectivity index (χ1n) is 4.43. The molecular weight excluding hydrogens is 182 g/mol. The van der Waals surface area contributed by atoms with Gasteiger partial charge >= 0.3 is 5.97 Å². The number of likely N-dealkylation sites (N-methyl/N-ethyl adjacent to an activating group) is 1.